The highest BCUT2D eigenvalue weighted by atomic mass is 16.5. The molecule has 1 aliphatic carbocycles. The summed E-state index contributed by atoms with van der Waals surface area (Å²) in [6.45, 7) is 6.40. The van der Waals surface area contributed by atoms with E-state index in [1.807, 2.05) is 0 Å². The maximum atomic E-state index is 13.1. The van der Waals surface area contributed by atoms with Crippen LogP contribution in [0.5, 0.6) is 5.75 Å². The number of carbonyl (C=O) groups is 3. The molecule has 4 heteroatoms. The monoisotopic (exact) mass is 324 g/mol. The third kappa shape index (κ3) is 2.75. The normalized spacial score (nSPS) is 13.8. The first-order valence-corrected chi connectivity index (χ1v) is 7.61. The maximum Gasteiger partial charge on any atom is 0.184 e. The summed E-state index contributed by atoms with van der Waals surface area (Å²) in [5.41, 5.74) is -1.07. The lowest BCUT2D eigenvalue weighted by Crippen LogP contribution is -2.49. The van der Waals surface area contributed by atoms with Crippen molar-refractivity contribution in [1.82, 2.24) is 0 Å². The molecule has 1 aliphatic rings. The molecule has 0 amide bonds. The van der Waals surface area contributed by atoms with Crippen LogP contribution in [0.15, 0.2) is 55.1 Å². The summed E-state index contributed by atoms with van der Waals surface area (Å²) in [4.78, 5) is 38.0. The SMILES string of the molecule is C=C(C(=O)C(C(C)=O)(C(C)=O)C1C=CC=C1)c1ccc(OC)cc1. The Morgan fingerprint density at radius 3 is 1.92 bits per heavy atom. The summed E-state index contributed by atoms with van der Waals surface area (Å²) in [7, 11) is 1.55. The highest BCUT2D eigenvalue weighted by molar-refractivity contribution is 6.37. The van der Waals surface area contributed by atoms with E-state index in [-0.39, 0.29) is 5.57 Å². The summed E-state index contributed by atoms with van der Waals surface area (Å²) in [6.07, 6.45) is 6.85. The number of rotatable bonds is 7. The first-order chi connectivity index (χ1) is 11.4. The van der Waals surface area contributed by atoms with Gasteiger partial charge in [0.2, 0.25) is 0 Å². The van der Waals surface area contributed by atoms with Crippen molar-refractivity contribution in [3.63, 3.8) is 0 Å². The van der Waals surface area contributed by atoms with E-state index >= 15 is 0 Å². The van der Waals surface area contributed by atoms with Crippen molar-refractivity contribution in [3.8, 4) is 5.75 Å². The van der Waals surface area contributed by atoms with Gasteiger partial charge in [0.05, 0.1) is 7.11 Å². The van der Waals surface area contributed by atoms with Gasteiger partial charge >= 0.3 is 0 Å². The average molecular weight is 324 g/mol. The van der Waals surface area contributed by atoms with Gasteiger partial charge in [-0.25, -0.2) is 0 Å². The van der Waals surface area contributed by atoms with Crippen molar-refractivity contribution < 1.29 is 19.1 Å². The van der Waals surface area contributed by atoms with E-state index in [9.17, 15) is 14.4 Å². The van der Waals surface area contributed by atoms with E-state index < -0.39 is 28.7 Å². The number of carbonyl (C=O) groups excluding carboxylic acids is 3. The van der Waals surface area contributed by atoms with Gasteiger partial charge < -0.3 is 4.74 Å². The van der Waals surface area contributed by atoms with Crippen LogP contribution in [0.3, 0.4) is 0 Å². The molecule has 0 radical (unpaired) electrons. The zero-order chi connectivity index (χ0) is 17.9. The number of allylic oxidation sites excluding steroid dienone is 5. The summed E-state index contributed by atoms with van der Waals surface area (Å²) in [5, 5.41) is 0. The predicted octanol–water partition coefficient (Wildman–Crippen LogP) is 3.18. The van der Waals surface area contributed by atoms with Crippen molar-refractivity contribution >= 4 is 22.9 Å². The lowest BCUT2D eigenvalue weighted by Gasteiger charge is -2.32. The Kier molecular flexibility index (Phi) is 4.98. The van der Waals surface area contributed by atoms with E-state index in [1.54, 1.807) is 55.7 Å². The largest absolute Gasteiger partial charge is 0.497 e. The van der Waals surface area contributed by atoms with Gasteiger partial charge in [0, 0.05) is 11.5 Å². The third-order valence-electron chi connectivity index (χ3n) is 4.43. The molecule has 0 spiro atoms. The number of hydrogen-bond donors (Lipinski definition) is 0. The molecule has 4 nitrogen and oxygen atoms in total. The second kappa shape index (κ2) is 6.79. The lowest BCUT2D eigenvalue weighted by molar-refractivity contribution is -0.146. The van der Waals surface area contributed by atoms with Crippen molar-refractivity contribution in [2.75, 3.05) is 7.11 Å². The van der Waals surface area contributed by atoms with Gasteiger partial charge in [-0.3, -0.25) is 14.4 Å². The maximum absolute atomic E-state index is 13.1. The van der Waals surface area contributed by atoms with Gasteiger partial charge in [-0.05, 0) is 31.5 Å². The molecule has 0 heterocycles. The van der Waals surface area contributed by atoms with E-state index in [4.69, 9.17) is 4.74 Å². The Balaban J connectivity index is 2.49. The van der Waals surface area contributed by atoms with Crippen molar-refractivity contribution in [2.24, 2.45) is 11.3 Å². The molecule has 0 saturated carbocycles. The Hall–Kier alpha value is -2.75. The van der Waals surface area contributed by atoms with Gasteiger partial charge in [-0.15, -0.1) is 0 Å². The Labute approximate surface area is 141 Å². The van der Waals surface area contributed by atoms with Crippen LogP contribution in [0, 0.1) is 11.3 Å². The summed E-state index contributed by atoms with van der Waals surface area (Å²) < 4.78 is 5.09. The molecule has 0 unspecified atom stereocenters. The van der Waals surface area contributed by atoms with Crippen LogP contribution in [0.2, 0.25) is 0 Å². The van der Waals surface area contributed by atoms with Gasteiger partial charge in [0.25, 0.3) is 0 Å². The fourth-order valence-corrected chi connectivity index (χ4v) is 3.07. The predicted molar refractivity (Wildman–Crippen MR) is 92.6 cm³/mol. The summed E-state index contributed by atoms with van der Waals surface area (Å²) >= 11 is 0. The lowest BCUT2D eigenvalue weighted by atomic mass is 9.65. The Morgan fingerprint density at radius 1 is 1.00 bits per heavy atom. The number of hydrogen-bond acceptors (Lipinski definition) is 4. The van der Waals surface area contributed by atoms with E-state index in [1.165, 1.54) is 13.8 Å². The molecule has 0 atom stereocenters. The zero-order valence-corrected chi connectivity index (χ0v) is 14.0. The van der Waals surface area contributed by atoms with Crippen molar-refractivity contribution in [2.45, 2.75) is 13.8 Å². The number of ketones is 3. The molecule has 0 bridgehead atoms. The zero-order valence-electron chi connectivity index (χ0n) is 14.0. The topological polar surface area (TPSA) is 60.4 Å². The van der Waals surface area contributed by atoms with Gasteiger partial charge in [0.1, 0.15) is 5.75 Å². The standard InChI is InChI=1S/C20H20O4/c1-13(16-9-11-18(24-4)12-10-16)19(23)20(14(2)21,15(3)22)17-7-5-6-8-17/h5-12,17H,1H2,2-4H3. The molecule has 0 fully saturated rings. The second-order valence-electron chi connectivity index (χ2n) is 5.75. The minimum absolute atomic E-state index is 0.136. The number of ether oxygens (including phenoxy) is 1. The van der Waals surface area contributed by atoms with Crippen molar-refractivity contribution in [3.05, 3.63) is 60.7 Å². The molecule has 1 aromatic carbocycles. The number of methoxy groups -OCH3 is 1. The molecular weight excluding hydrogens is 304 g/mol. The van der Waals surface area contributed by atoms with Crippen LogP contribution in [0.1, 0.15) is 19.4 Å². The van der Waals surface area contributed by atoms with Crippen LogP contribution >= 0.6 is 0 Å². The summed E-state index contributed by atoms with van der Waals surface area (Å²) in [6, 6.07) is 6.77. The molecule has 0 N–H and O–H groups in total. The molecular formula is C20H20O4. The minimum Gasteiger partial charge on any atom is -0.497 e. The summed E-state index contributed by atoms with van der Waals surface area (Å²) in [5.74, 6) is -1.46. The molecule has 2 rings (SSSR count). The number of benzene rings is 1. The quantitative estimate of drug-likeness (QED) is 0.571. The average Bonchev–Trinajstić information content (AvgIpc) is 3.08. The first-order valence-electron chi connectivity index (χ1n) is 7.61. The van der Waals surface area contributed by atoms with Gasteiger partial charge in [-0.2, -0.15) is 0 Å². The fourth-order valence-electron chi connectivity index (χ4n) is 3.07. The van der Waals surface area contributed by atoms with E-state index in [2.05, 4.69) is 6.58 Å². The van der Waals surface area contributed by atoms with Crippen LogP contribution in [-0.4, -0.2) is 24.5 Å². The minimum atomic E-state index is -1.76. The highest BCUT2D eigenvalue weighted by Crippen LogP contribution is 2.39. The van der Waals surface area contributed by atoms with Crippen molar-refractivity contribution in [1.29, 1.82) is 0 Å². The Morgan fingerprint density at radius 2 is 1.50 bits per heavy atom. The molecule has 0 aliphatic heterocycles. The fraction of sp³-hybridized carbons (Fsp3) is 0.250. The van der Waals surface area contributed by atoms with Crippen LogP contribution < -0.4 is 4.74 Å². The third-order valence-corrected chi connectivity index (χ3v) is 4.43. The molecule has 1 aromatic rings. The molecule has 0 saturated heterocycles. The Bertz CT molecular complexity index is 724. The van der Waals surface area contributed by atoms with Gasteiger partial charge in [-0.1, -0.05) is 43.0 Å². The first kappa shape index (κ1) is 17.6. The highest BCUT2D eigenvalue weighted by Gasteiger charge is 2.53. The second-order valence-corrected chi connectivity index (χ2v) is 5.75. The smallest absolute Gasteiger partial charge is 0.184 e. The van der Waals surface area contributed by atoms with Crippen LogP contribution in [0.4, 0.5) is 0 Å². The molecule has 0 aromatic heterocycles. The van der Waals surface area contributed by atoms with Crippen LogP contribution in [0.25, 0.3) is 5.57 Å². The van der Waals surface area contributed by atoms with Crippen LogP contribution in [-0.2, 0) is 14.4 Å². The molecule has 124 valence electrons. The molecule has 24 heavy (non-hydrogen) atoms. The van der Waals surface area contributed by atoms with Gasteiger partial charge in [0.15, 0.2) is 22.8 Å². The number of Topliss-reactive ketones (excluding diaryl/α,β-unsaturated/α-hetero) is 3. The van der Waals surface area contributed by atoms with E-state index in [0.29, 0.717) is 11.3 Å². The van der Waals surface area contributed by atoms with E-state index in [0.717, 1.165) is 0 Å².